The van der Waals surface area contributed by atoms with Crippen LogP contribution in [0, 0.1) is 0 Å². The van der Waals surface area contributed by atoms with Gasteiger partial charge < -0.3 is 15.1 Å². The molecule has 0 bridgehead atoms. The minimum atomic E-state index is 0.155. The van der Waals surface area contributed by atoms with Crippen molar-refractivity contribution in [2.45, 2.75) is 38.1 Å². The normalized spacial score (nSPS) is 24.4. The summed E-state index contributed by atoms with van der Waals surface area (Å²) in [6, 6.07) is 0.593. The molecular formula is C12H23N3O. The number of rotatable bonds is 1. The van der Waals surface area contributed by atoms with Crippen molar-refractivity contribution in [1.82, 2.24) is 15.1 Å². The number of urea groups is 1. The minimum absolute atomic E-state index is 0.155. The highest BCUT2D eigenvalue weighted by Crippen LogP contribution is 2.17. The zero-order chi connectivity index (χ0) is 11.4. The molecule has 1 saturated heterocycles. The molecule has 1 heterocycles. The molecule has 1 aliphatic heterocycles. The quantitative estimate of drug-likeness (QED) is 0.729. The number of likely N-dealkylation sites (N-methyl/N-ethyl adjacent to an activating group) is 1. The molecule has 4 heteroatoms. The van der Waals surface area contributed by atoms with Gasteiger partial charge in [0.1, 0.15) is 0 Å². The van der Waals surface area contributed by atoms with E-state index in [1.54, 1.807) is 0 Å². The summed E-state index contributed by atoms with van der Waals surface area (Å²) in [6.45, 7) is 3.88. The van der Waals surface area contributed by atoms with Crippen LogP contribution in [0.3, 0.4) is 0 Å². The molecule has 16 heavy (non-hydrogen) atoms. The van der Waals surface area contributed by atoms with Crippen LogP contribution < -0.4 is 5.32 Å². The lowest BCUT2D eigenvalue weighted by atomic mass is 10.2. The van der Waals surface area contributed by atoms with E-state index < -0.39 is 0 Å². The first-order valence-corrected chi connectivity index (χ1v) is 6.50. The average molecular weight is 225 g/mol. The second-order valence-corrected chi connectivity index (χ2v) is 5.07. The Kier molecular flexibility index (Phi) is 4.04. The monoisotopic (exact) mass is 225 g/mol. The van der Waals surface area contributed by atoms with Crippen molar-refractivity contribution < 1.29 is 4.79 Å². The van der Waals surface area contributed by atoms with Crippen LogP contribution in [-0.4, -0.2) is 55.1 Å². The third-order valence-electron chi connectivity index (χ3n) is 3.69. The Balaban J connectivity index is 1.78. The largest absolute Gasteiger partial charge is 0.335 e. The number of carbonyl (C=O) groups excluding carboxylic acids is 1. The van der Waals surface area contributed by atoms with Gasteiger partial charge in [-0.1, -0.05) is 12.8 Å². The summed E-state index contributed by atoms with van der Waals surface area (Å²) in [5.74, 6) is 0. The van der Waals surface area contributed by atoms with Gasteiger partial charge in [0.25, 0.3) is 0 Å². The first kappa shape index (κ1) is 11.7. The summed E-state index contributed by atoms with van der Waals surface area (Å²) in [5, 5.41) is 3.16. The summed E-state index contributed by atoms with van der Waals surface area (Å²) in [6.07, 6.45) is 5.97. The highest BCUT2D eigenvalue weighted by atomic mass is 16.2. The molecular weight excluding hydrogens is 202 g/mol. The van der Waals surface area contributed by atoms with Crippen molar-refractivity contribution in [2.24, 2.45) is 0 Å². The van der Waals surface area contributed by atoms with E-state index >= 15 is 0 Å². The molecule has 2 aliphatic rings. The third kappa shape index (κ3) is 3.11. The SMILES string of the molecule is CN1CCCN(C(=O)NC2CCCC2)CC1. The molecule has 4 nitrogen and oxygen atoms in total. The molecule has 1 aliphatic carbocycles. The molecule has 0 aromatic carbocycles. The van der Waals surface area contributed by atoms with E-state index in [2.05, 4.69) is 17.3 Å². The van der Waals surface area contributed by atoms with Gasteiger partial charge in [0.05, 0.1) is 0 Å². The second kappa shape index (κ2) is 5.53. The molecule has 0 unspecified atom stereocenters. The van der Waals surface area contributed by atoms with Crippen LogP contribution in [0.25, 0.3) is 0 Å². The Bertz CT molecular complexity index is 238. The van der Waals surface area contributed by atoms with Crippen LogP contribution in [0.15, 0.2) is 0 Å². The predicted molar refractivity (Wildman–Crippen MR) is 64.5 cm³/mol. The standard InChI is InChI=1S/C12H23N3O/c1-14-7-4-8-15(10-9-14)12(16)13-11-5-2-3-6-11/h11H,2-10H2,1H3,(H,13,16). The molecule has 0 atom stereocenters. The Morgan fingerprint density at radius 1 is 1.06 bits per heavy atom. The number of hydrogen-bond acceptors (Lipinski definition) is 2. The summed E-state index contributed by atoms with van der Waals surface area (Å²) in [5.41, 5.74) is 0. The maximum absolute atomic E-state index is 12.0. The first-order chi connectivity index (χ1) is 7.75. The van der Waals surface area contributed by atoms with Gasteiger partial charge in [-0.15, -0.1) is 0 Å². The lowest BCUT2D eigenvalue weighted by Crippen LogP contribution is -2.45. The molecule has 2 fully saturated rings. The smallest absolute Gasteiger partial charge is 0.317 e. The van der Waals surface area contributed by atoms with Gasteiger partial charge in [0.2, 0.25) is 0 Å². The molecule has 2 rings (SSSR count). The van der Waals surface area contributed by atoms with Gasteiger partial charge >= 0.3 is 6.03 Å². The van der Waals surface area contributed by atoms with Crippen molar-refractivity contribution >= 4 is 6.03 Å². The van der Waals surface area contributed by atoms with Crippen LogP contribution in [0.4, 0.5) is 4.79 Å². The van der Waals surface area contributed by atoms with Crippen LogP contribution in [0.1, 0.15) is 32.1 Å². The maximum atomic E-state index is 12.0. The number of nitrogens with zero attached hydrogens (tertiary/aromatic N) is 2. The topological polar surface area (TPSA) is 35.6 Å². The molecule has 2 amide bonds. The molecule has 0 aromatic rings. The van der Waals surface area contributed by atoms with Crippen LogP contribution >= 0.6 is 0 Å². The molecule has 1 N–H and O–H groups in total. The van der Waals surface area contributed by atoms with E-state index in [0.717, 1.165) is 32.6 Å². The van der Waals surface area contributed by atoms with Gasteiger partial charge in [-0.3, -0.25) is 0 Å². The van der Waals surface area contributed by atoms with Crippen molar-refractivity contribution in [3.05, 3.63) is 0 Å². The fourth-order valence-corrected chi connectivity index (χ4v) is 2.59. The van der Waals surface area contributed by atoms with E-state index in [1.165, 1.54) is 25.7 Å². The van der Waals surface area contributed by atoms with Gasteiger partial charge in [-0.2, -0.15) is 0 Å². The van der Waals surface area contributed by atoms with E-state index in [1.807, 2.05) is 4.90 Å². The van der Waals surface area contributed by atoms with Crippen molar-refractivity contribution in [2.75, 3.05) is 33.2 Å². The number of hydrogen-bond donors (Lipinski definition) is 1. The van der Waals surface area contributed by atoms with Gasteiger partial charge in [0, 0.05) is 25.7 Å². The van der Waals surface area contributed by atoms with Gasteiger partial charge in [-0.25, -0.2) is 4.79 Å². The zero-order valence-corrected chi connectivity index (χ0v) is 10.2. The van der Waals surface area contributed by atoms with Gasteiger partial charge in [0.15, 0.2) is 0 Å². The summed E-state index contributed by atoms with van der Waals surface area (Å²) >= 11 is 0. The average Bonchev–Trinajstić information content (AvgIpc) is 2.66. The van der Waals surface area contributed by atoms with Crippen molar-refractivity contribution in [3.63, 3.8) is 0 Å². The molecule has 1 saturated carbocycles. The third-order valence-corrected chi connectivity index (χ3v) is 3.69. The fourth-order valence-electron chi connectivity index (χ4n) is 2.59. The predicted octanol–water partition coefficient (Wildman–Crippen LogP) is 1.28. The van der Waals surface area contributed by atoms with E-state index in [0.29, 0.717) is 6.04 Å². The van der Waals surface area contributed by atoms with E-state index in [-0.39, 0.29) is 6.03 Å². The number of nitrogens with one attached hydrogen (secondary N) is 1. The number of carbonyl (C=O) groups is 1. The Morgan fingerprint density at radius 3 is 2.56 bits per heavy atom. The van der Waals surface area contributed by atoms with Crippen LogP contribution in [-0.2, 0) is 0 Å². The fraction of sp³-hybridized carbons (Fsp3) is 0.917. The van der Waals surface area contributed by atoms with E-state index in [9.17, 15) is 4.79 Å². The lowest BCUT2D eigenvalue weighted by Gasteiger charge is -2.23. The maximum Gasteiger partial charge on any atom is 0.317 e. The highest BCUT2D eigenvalue weighted by molar-refractivity contribution is 5.74. The Hall–Kier alpha value is -0.770. The summed E-state index contributed by atoms with van der Waals surface area (Å²) in [4.78, 5) is 16.3. The minimum Gasteiger partial charge on any atom is -0.335 e. The highest BCUT2D eigenvalue weighted by Gasteiger charge is 2.22. The lowest BCUT2D eigenvalue weighted by molar-refractivity contribution is 0.195. The molecule has 92 valence electrons. The van der Waals surface area contributed by atoms with E-state index in [4.69, 9.17) is 0 Å². The zero-order valence-electron chi connectivity index (χ0n) is 10.2. The Morgan fingerprint density at radius 2 is 1.81 bits per heavy atom. The van der Waals surface area contributed by atoms with Gasteiger partial charge in [-0.05, 0) is 32.9 Å². The summed E-state index contributed by atoms with van der Waals surface area (Å²) < 4.78 is 0. The second-order valence-electron chi connectivity index (χ2n) is 5.07. The molecule has 0 radical (unpaired) electrons. The van der Waals surface area contributed by atoms with Crippen LogP contribution in [0.5, 0.6) is 0 Å². The number of amides is 2. The summed E-state index contributed by atoms with van der Waals surface area (Å²) in [7, 11) is 2.12. The van der Waals surface area contributed by atoms with Crippen LogP contribution in [0.2, 0.25) is 0 Å². The Labute approximate surface area is 98.0 Å². The van der Waals surface area contributed by atoms with Crippen molar-refractivity contribution in [3.8, 4) is 0 Å². The molecule has 0 aromatic heterocycles. The molecule has 0 spiro atoms. The van der Waals surface area contributed by atoms with Crippen molar-refractivity contribution in [1.29, 1.82) is 0 Å². The first-order valence-electron chi connectivity index (χ1n) is 6.50.